The Morgan fingerprint density at radius 3 is 1.34 bits per heavy atom. The first-order valence-corrected chi connectivity index (χ1v) is 40.0. The van der Waals surface area contributed by atoms with Crippen LogP contribution in [0.15, 0.2) is 95.2 Å². The van der Waals surface area contributed by atoms with Crippen LogP contribution >= 0.6 is 23.2 Å². The number of amides is 3. The Labute approximate surface area is 624 Å². The van der Waals surface area contributed by atoms with Gasteiger partial charge in [-0.3, -0.25) is 4.79 Å². The number of fused-ring (bicyclic) bond motifs is 2. The fourth-order valence-electron chi connectivity index (χ4n) is 16.9. The van der Waals surface area contributed by atoms with E-state index in [0.29, 0.717) is 108 Å². The summed E-state index contributed by atoms with van der Waals surface area (Å²) in [5, 5.41) is 28.8. The molecule has 6 N–H and O–H groups in total. The number of rotatable bonds is 25. The Balaban J connectivity index is 0.000000164. The number of hydrogen-bond acceptors (Lipinski definition) is 20. The minimum atomic E-state index is -4.32. The second-order valence-electron chi connectivity index (χ2n) is 32.8. The van der Waals surface area contributed by atoms with Gasteiger partial charge in [-0.1, -0.05) is 35.3 Å². The van der Waals surface area contributed by atoms with E-state index in [4.69, 9.17) is 52.4 Å². The number of carbonyl (C=O) groups excluding carboxylic acids is 3. The van der Waals surface area contributed by atoms with Gasteiger partial charge in [-0.05, 0) is 266 Å². The smallest absolute Gasteiger partial charge is 0.410 e. The molecule has 0 radical (unpaired) electrons. The zero-order chi connectivity index (χ0) is 75.5. The molecule has 0 unspecified atom stereocenters. The summed E-state index contributed by atoms with van der Waals surface area (Å²) in [6.45, 7) is 24.2. The van der Waals surface area contributed by atoms with Crippen molar-refractivity contribution in [1.29, 1.82) is 0 Å². The summed E-state index contributed by atoms with van der Waals surface area (Å²) < 4.78 is 77.1. The Bertz CT molecular complexity index is 4450. The SMILES string of the molecule is CC(C)(C)OC(=O)N1C[C@@H](CCNCc2cccc(S(=O)(=O)NC(=O)c3ccc(-n4ccc(OCCC5C6(CC6)C56CC6)n4)nc3Cl)n2)CC1(C)C.CC(C)(C)OC(=O)N1C[C@@H](CCNCc2cccc(S(N)(=O)=O)n2)CC1(C)C.O=C(O)c1ccc(-n2ccc(OCCC3C4(CC4)C34CC4)n2)nc1Cl. The normalized spacial score (nSPS) is 20.7. The highest BCUT2D eigenvalue weighted by Gasteiger charge is 2.86. The van der Waals surface area contributed by atoms with Gasteiger partial charge in [0.15, 0.2) is 21.7 Å². The molecule has 2 saturated heterocycles. The third kappa shape index (κ3) is 17.5. The summed E-state index contributed by atoms with van der Waals surface area (Å²) in [5.41, 5.74) is 2.08. The topological polar surface area (TPSA) is 350 Å². The average Bonchev–Trinajstić information content (AvgIpc) is 1.45. The van der Waals surface area contributed by atoms with Gasteiger partial charge >= 0.3 is 18.2 Å². The Hall–Kier alpha value is -7.54. The van der Waals surface area contributed by atoms with Crippen molar-refractivity contribution in [3.05, 3.63) is 118 Å². The van der Waals surface area contributed by atoms with E-state index in [-0.39, 0.29) is 60.7 Å². The lowest BCUT2D eigenvalue weighted by Crippen LogP contribution is -2.45. The molecule has 4 spiro atoms. The molecule has 8 aliphatic rings. The number of halogens is 2. The quantitative estimate of drug-likeness (QED) is 0.0262. The number of ether oxygens (including phenoxy) is 4. The van der Waals surface area contributed by atoms with E-state index in [0.717, 1.165) is 56.9 Å². The maximum absolute atomic E-state index is 13.2. The van der Waals surface area contributed by atoms with Gasteiger partial charge in [-0.25, -0.2) is 62.0 Å². The molecule has 2 aliphatic heterocycles. The molecule has 6 aliphatic carbocycles. The summed E-state index contributed by atoms with van der Waals surface area (Å²) >= 11 is 12.3. The van der Waals surface area contributed by atoms with Crippen LogP contribution in [-0.4, -0.2) is 157 Å². The first-order chi connectivity index (χ1) is 49.4. The number of pyridine rings is 4. The number of carbonyl (C=O) groups is 4. The number of carboxylic acids is 1. The van der Waals surface area contributed by atoms with Crippen LogP contribution in [0.25, 0.3) is 11.6 Å². The molecule has 6 aromatic rings. The van der Waals surface area contributed by atoms with E-state index >= 15 is 0 Å². The van der Waals surface area contributed by atoms with Crippen molar-refractivity contribution in [2.75, 3.05) is 39.4 Å². The molecule has 6 saturated carbocycles. The van der Waals surface area contributed by atoms with Crippen LogP contribution in [0.1, 0.15) is 191 Å². The highest BCUT2D eigenvalue weighted by atomic mass is 35.5. The average molecular weight is 1530 g/mol. The highest BCUT2D eigenvalue weighted by Crippen LogP contribution is 2.94. The van der Waals surface area contributed by atoms with Gasteiger partial charge in [-0.2, -0.15) is 8.42 Å². The van der Waals surface area contributed by atoms with Crippen molar-refractivity contribution in [1.82, 2.24) is 64.7 Å². The molecule has 8 fully saturated rings. The van der Waals surface area contributed by atoms with E-state index in [1.807, 2.05) is 60.3 Å². The minimum absolute atomic E-state index is 0.0264. The summed E-state index contributed by atoms with van der Waals surface area (Å²) in [6.07, 6.45) is 19.7. The molecule has 27 nitrogen and oxygen atoms in total. The number of nitrogens with two attached hydrogens (primary N) is 1. The molecule has 31 heteroatoms. The van der Waals surface area contributed by atoms with Gasteiger partial charge < -0.3 is 44.5 Å². The lowest BCUT2D eigenvalue weighted by molar-refractivity contribution is 0.0118. The molecule has 0 bridgehead atoms. The van der Waals surface area contributed by atoms with Gasteiger partial charge in [0.05, 0.1) is 35.7 Å². The van der Waals surface area contributed by atoms with Crippen LogP contribution in [0.5, 0.6) is 11.8 Å². The summed E-state index contributed by atoms with van der Waals surface area (Å²) in [4.78, 5) is 69.6. The number of sulfonamides is 2. The molecular weight excluding hydrogens is 1430 g/mol. The van der Waals surface area contributed by atoms with Crippen molar-refractivity contribution < 1.29 is 60.1 Å². The Morgan fingerprint density at radius 2 is 0.962 bits per heavy atom. The fourth-order valence-corrected chi connectivity index (χ4v) is 18.8. The maximum Gasteiger partial charge on any atom is 0.410 e. The van der Waals surface area contributed by atoms with Crippen LogP contribution in [0, 0.1) is 45.3 Å². The van der Waals surface area contributed by atoms with Gasteiger partial charge in [-0.15, -0.1) is 10.2 Å². The number of aromatic nitrogens is 8. The van der Waals surface area contributed by atoms with Crippen molar-refractivity contribution in [3.63, 3.8) is 0 Å². The van der Waals surface area contributed by atoms with Crippen molar-refractivity contribution in [3.8, 4) is 23.4 Å². The van der Waals surface area contributed by atoms with E-state index < -0.39 is 43.1 Å². The van der Waals surface area contributed by atoms with Gasteiger partial charge in [0.2, 0.25) is 11.8 Å². The predicted octanol–water partition coefficient (Wildman–Crippen LogP) is 11.7. The number of carboxylic acid groups (broad SMARTS) is 1. The third-order valence-corrected chi connectivity index (χ3v) is 24.9. The Morgan fingerprint density at radius 1 is 0.562 bits per heavy atom. The zero-order valence-electron chi connectivity index (χ0n) is 61.4. The number of likely N-dealkylation sites (tertiary alicyclic amines) is 2. The molecule has 0 aromatic carbocycles. The number of nitrogens with zero attached hydrogens (tertiary/aromatic N) is 10. The standard InChI is InChI=1S/C37H48ClN7O6S.C19H32N4O4S.C18H18ClN3O3/c1-34(2,3)51-33(47)44-23-24(21-35(44,4)5)11-18-39-22-25-7-6-8-30(40-25)52(48,49)43-32(46)26-9-10-28(41-31(26)38)45-19-12-29(42-45)50-20-13-27-36(14-15-36)37(27)16-17-37;1-18(2,3)27-17(24)23-13-14(11-19(23,4)5)9-10-21-12-15-7-6-8-16(22-15)28(20,25)26;19-15-11(16(23)24)1-2-13(20-15)22-9-3-14(21-22)25-10-4-12-17(5-6-17)18(12)7-8-18/h6-10,12,19,24,27,39H,11,13-18,20-23H2,1-5H3,(H,43,46);6-8,14,21H,9-13H2,1-5H3,(H2,20,25,26);1-3,9,12H,4-8,10H2,(H,23,24)/t24-;14-;/m00./s1. The number of nitrogens with one attached hydrogen (secondary N) is 3. The first-order valence-electron chi connectivity index (χ1n) is 36.2. The van der Waals surface area contributed by atoms with E-state index in [9.17, 15) is 36.0 Å². The van der Waals surface area contributed by atoms with E-state index in [1.165, 1.54) is 91.1 Å². The third-order valence-electron chi connectivity index (χ3n) is 22.3. The van der Waals surface area contributed by atoms with Gasteiger partial charge in [0.1, 0.15) is 21.5 Å². The highest BCUT2D eigenvalue weighted by molar-refractivity contribution is 7.90. The van der Waals surface area contributed by atoms with Gasteiger partial charge in [0.25, 0.3) is 26.0 Å². The fraction of sp³-hybridized carbons (Fsp3) is 0.595. The number of primary sulfonamides is 1. The molecule has 3 amide bonds. The van der Waals surface area contributed by atoms with Crippen LogP contribution in [0.3, 0.4) is 0 Å². The predicted molar refractivity (Wildman–Crippen MR) is 391 cm³/mol. The summed E-state index contributed by atoms with van der Waals surface area (Å²) in [5.74, 6) is 2.15. The van der Waals surface area contributed by atoms with Gasteiger partial charge in [0, 0.05) is 61.8 Å². The minimum Gasteiger partial charge on any atom is -0.478 e. The first kappa shape index (κ1) is 77.1. The second-order valence-corrected chi connectivity index (χ2v) is 36.7. The zero-order valence-corrected chi connectivity index (χ0v) is 64.6. The Kier molecular flexibility index (Phi) is 21.4. The number of hydrogen-bond donors (Lipinski definition) is 5. The summed E-state index contributed by atoms with van der Waals surface area (Å²) in [6, 6.07) is 18.8. The van der Waals surface area contributed by atoms with Crippen molar-refractivity contribution in [2.24, 2.45) is 50.5 Å². The molecule has 6 aromatic heterocycles. The molecule has 8 heterocycles. The van der Waals surface area contributed by atoms with Crippen molar-refractivity contribution in [2.45, 2.75) is 205 Å². The molecule has 2 atom stereocenters. The maximum atomic E-state index is 13.2. The van der Waals surface area contributed by atoms with Crippen LogP contribution < -0.4 is 30.0 Å². The van der Waals surface area contributed by atoms with E-state index in [2.05, 4.69) is 59.3 Å². The lowest BCUT2D eigenvalue weighted by atomic mass is 9.94. The number of aromatic carboxylic acids is 1. The molecule has 568 valence electrons. The van der Waals surface area contributed by atoms with Crippen LogP contribution in [-0.2, 0) is 42.6 Å². The molecule has 105 heavy (non-hydrogen) atoms. The summed E-state index contributed by atoms with van der Waals surface area (Å²) in [7, 11) is -8.11. The molecular formula is C74H98Cl2N14O13S2. The van der Waals surface area contributed by atoms with E-state index in [1.54, 1.807) is 59.8 Å². The monoisotopic (exact) mass is 1520 g/mol. The van der Waals surface area contributed by atoms with Crippen molar-refractivity contribution >= 4 is 67.3 Å². The second kappa shape index (κ2) is 29.2. The van der Waals surface area contributed by atoms with Crippen LogP contribution in [0.2, 0.25) is 10.3 Å². The lowest BCUT2D eigenvalue weighted by Gasteiger charge is -2.33. The molecule has 14 rings (SSSR count). The van der Waals surface area contributed by atoms with Crippen LogP contribution in [0.4, 0.5) is 9.59 Å². The largest absolute Gasteiger partial charge is 0.478 e.